The van der Waals surface area contributed by atoms with Crippen LogP contribution in [0.4, 0.5) is 0 Å². The fraction of sp³-hybridized carbons (Fsp3) is 0.467. The number of ether oxygens (including phenoxy) is 1. The van der Waals surface area contributed by atoms with Gasteiger partial charge in [0.2, 0.25) is 0 Å². The molecule has 0 saturated carbocycles. The Kier molecular flexibility index (Phi) is 2.39. The Labute approximate surface area is 103 Å². The quantitative estimate of drug-likeness (QED) is 0.799. The number of nitrogens with one attached hydrogen (secondary N) is 1. The van der Waals surface area contributed by atoms with Crippen LogP contribution in [-0.4, -0.2) is 18.7 Å². The monoisotopic (exact) mass is 229 g/mol. The Hall–Kier alpha value is -1.12. The molecule has 0 spiro atoms. The van der Waals surface area contributed by atoms with Crippen molar-refractivity contribution in [2.45, 2.75) is 32.0 Å². The largest absolute Gasteiger partial charge is 0.369 e. The molecule has 0 amide bonds. The van der Waals surface area contributed by atoms with Crippen LogP contribution in [0.25, 0.3) is 5.57 Å². The van der Waals surface area contributed by atoms with Gasteiger partial charge in [-0.25, -0.2) is 0 Å². The Morgan fingerprint density at radius 3 is 3.12 bits per heavy atom. The molecule has 1 saturated heterocycles. The van der Waals surface area contributed by atoms with Crippen molar-refractivity contribution < 1.29 is 4.74 Å². The van der Waals surface area contributed by atoms with Crippen LogP contribution in [-0.2, 0) is 11.3 Å². The van der Waals surface area contributed by atoms with Crippen LogP contribution in [0.5, 0.6) is 0 Å². The van der Waals surface area contributed by atoms with Crippen molar-refractivity contribution in [1.29, 1.82) is 0 Å². The SMILES string of the molecule is C=C(C)c1cccc2c1CO[C@@]1(C)CNC[C@H]21. The van der Waals surface area contributed by atoms with Gasteiger partial charge in [0.15, 0.2) is 0 Å². The van der Waals surface area contributed by atoms with Gasteiger partial charge in [0.25, 0.3) is 0 Å². The number of rotatable bonds is 1. The van der Waals surface area contributed by atoms with E-state index in [0.717, 1.165) is 18.7 Å². The van der Waals surface area contributed by atoms with Gasteiger partial charge >= 0.3 is 0 Å². The number of benzene rings is 1. The maximum Gasteiger partial charge on any atom is 0.0863 e. The normalized spacial score (nSPS) is 30.8. The molecule has 17 heavy (non-hydrogen) atoms. The maximum absolute atomic E-state index is 6.10. The maximum atomic E-state index is 6.10. The van der Waals surface area contributed by atoms with Gasteiger partial charge in [-0.3, -0.25) is 0 Å². The molecule has 0 radical (unpaired) electrons. The molecule has 1 N–H and O–H groups in total. The Morgan fingerprint density at radius 2 is 2.35 bits per heavy atom. The molecule has 0 aromatic heterocycles. The Morgan fingerprint density at radius 1 is 1.53 bits per heavy atom. The Balaban J connectivity index is 2.13. The average molecular weight is 229 g/mol. The molecule has 2 atom stereocenters. The van der Waals surface area contributed by atoms with Gasteiger partial charge in [-0.05, 0) is 30.5 Å². The highest BCUT2D eigenvalue weighted by Crippen LogP contribution is 2.42. The lowest BCUT2D eigenvalue weighted by atomic mass is 9.79. The van der Waals surface area contributed by atoms with E-state index in [4.69, 9.17) is 4.74 Å². The molecule has 0 aliphatic carbocycles. The lowest BCUT2D eigenvalue weighted by molar-refractivity contribution is -0.0518. The highest BCUT2D eigenvalue weighted by molar-refractivity contribution is 5.66. The first-order chi connectivity index (χ1) is 8.12. The van der Waals surface area contributed by atoms with Crippen molar-refractivity contribution in [3.63, 3.8) is 0 Å². The molecule has 2 aliphatic heterocycles. The topological polar surface area (TPSA) is 21.3 Å². The van der Waals surface area contributed by atoms with E-state index in [2.05, 4.69) is 43.9 Å². The zero-order chi connectivity index (χ0) is 12.0. The summed E-state index contributed by atoms with van der Waals surface area (Å²) in [6.07, 6.45) is 0. The number of hydrogen-bond donors (Lipinski definition) is 1. The first-order valence-electron chi connectivity index (χ1n) is 6.24. The van der Waals surface area contributed by atoms with Crippen LogP contribution in [0, 0.1) is 0 Å². The van der Waals surface area contributed by atoms with Crippen molar-refractivity contribution in [2.75, 3.05) is 13.1 Å². The summed E-state index contributed by atoms with van der Waals surface area (Å²) in [7, 11) is 0. The van der Waals surface area contributed by atoms with Crippen LogP contribution in [0.3, 0.4) is 0 Å². The zero-order valence-electron chi connectivity index (χ0n) is 10.5. The second kappa shape index (κ2) is 3.69. The molecule has 1 aromatic carbocycles. The standard InChI is InChI=1S/C15H19NO/c1-10(2)11-5-4-6-12-13(11)8-17-15(3)9-16-7-14(12)15/h4-6,14,16H,1,7-9H2,2-3H3/t14-,15+/m1/s1. The molecule has 1 aromatic rings. The van der Waals surface area contributed by atoms with Crippen molar-refractivity contribution in [2.24, 2.45) is 0 Å². The minimum atomic E-state index is -0.0271. The van der Waals surface area contributed by atoms with Crippen LogP contribution >= 0.6 is 0 Å². The summed E-state index contributed by atoms with van der Waals surface area (Å²) >= 11 is 0. The van der Waals surface area contributed by atoms with E-state index in [1.54, 1.807) is 0 Å². The summed E-state index contributed by atoms with van der Waals surface area (Å²) in [4.78, 5) is 0. The molecule has 90 valence electrons. The third kappa shape index (κ3) is 1.55. The summed E-state index contributed by atoms with van der Waals surface area (Å²) in [6, 6.07) is 6.54. The predicted molar refractivity (Wildman–Crippen MR) is 70.0 cm³/mol. The summed E-state index contributed by atoms with van der Waals surface area (Å²) in [6.45, 7) is 11.0. The van der Waals surface area contributed by atoms with Gasteiger partial charge in [-0.1, -0.05) is 30.4 Å². The summed E-state index contributed by atoms with van der Waals surface area (Å²) in [5.41, 5.74) is 5.15. The van der Waals surface area contributed by atoms with Gasteiger partial charge in [0.05, 0.1) is 12.2 Å². The lowest BCUT2D eigenvalue weighted by Gasteiger charge is -2.38. The van der Waals surface area contributed by atoms with Crippen LogP contribution in [0.1, 0.15) is 36.5 Å². The van der Waals surface area contributed by atoms with Crippen molar-refractivity contribution in [3.05, 3.63) is 41.5 Å². The molecule has 0 bridgehead atoms. The van der Waals surface area contributed by atoms with Gasteiger partial charge in [-0.15, -0.1) is 0 Å². The van der Waals surface area contributed by atoms with E-state index in [0.29, 0.717) is 12.5 Å². The van der Waals surface area contributed by atoms with Crippen LogP contribution in [0.15, 0.2) is 24.8 Å². The van der Waals surface area contributed by atoms with Crippen molar-refractivity contribution in [1.82, 2.24) is 5.32 Å². The fourth-order valence-corrected chi connectivity index (χ4v) is 3.12. The Bertz CT molecular complexity index is 480. The van der Waals surface area contributed by atoms with Crippen LogP contribution in [0.2, 0.25) is 0 Å². The van der Waals surface area contributed by atoms with Crippen molar-refractivity contribution >= 4 is 5.57 Å². The van der Waals surface area contributed by atoms with Gasteiger partial charge in [0.1, 0.15) is 0 Å². The molecule has 0 unspecified atom stereocenters. The molecule has 3 rings (SSSR count). The van der Waals surface area contributed by atoms with E-state index < -0.39 is 0 Å². The van der Waals surface area contributed by atoms with Gasteiger partial charge in [0, 0.05) is 19.0 Å². The summed E-state index contributed by atoms with van der Waals surface area (Å²) in [5, 5.41) is 3.45. The first-order valence-corrected chi connectivity index (χ1v) is 6.24. The minimum Gasteiger partial charge on any atom is -0.369 e. The minimum absolute atomic E-state index is 0.0271. The lowest BCUT2D eigenvalue weighted by Crippen LogP contribution is -2.40. The molecular formula is C15H19NO. The van der Waals surface area contributed by atoms with E-state index in [9.17, 15) is 0 Å². The summed E-state index contributed by atoms with van der Waals surface area (Å²) < 4.78 is 6.10. The second-order valence-electron chi connectivity index (χ2n) is 5.44. The predicted octanol–water partition coefficient (Wildman–Crippen LogP) is 2.70. The van der Waals surface area contributed by atoms with Gasteiger partial charge < -0.3 is 10.1 Å². The molecule has 2 aliphatic rings. The smallest absolute Gasteiger partial charge is 0.0863 e. The average Bonchev–Trinajstić information content (AvgIpc) is 2.70. The fourth-order valence-electron chi connectivity index (χ4n) is 3.12. The molecule has 2 heteroatoms. The zero-order valence-corrected chi connectivity index (χ0v) is 10.5. The van der Waals surface area contributed by atoms with Crippen molar-refractivity contribution in [3.8, 4) is 0 Å². The summed E-state index contributed by atoms with van der Waals surface area (Å²) in [5.74, 6) is 0.477. The van der Waals surface area contributed by atoms with E-state index in [-0.39, 0.29) is 5.60 Å². The highest BCUT2D eigenvalue weighted by Gasteiger charge is 2.44. The first kappa shape index (κ1) is 11.0. The number of hydrogen-bond acceptors (Lipinski definition) is 2. The molecular weight excluding hydrogens is 210 g/mol. The third-order valence-electron chi connectivity index (χ3n) is 4.16. The molecule has 2 heterocycles. The second-order valence-corrected chi connectivity index (χ2v) is 5.44. The number of allylic oxidation sites excluding steroid dienone is 1. The van der Waals surface area contributed by atoms with E-state index in [1.165, 1.54) is 16.7 Å². The molecule has 2 nitrogen and oxygen atoms in total. The van der Waals surface area contributed by atoms with E-state index in [1.807, 2.05) is 0 Å². The third-order valence-corrected chi connectivity index (χ3v) is 4.16. The highest BCUT2D eigenvalue weighted by atomic mass is 16.5. The van der Waals surface area contributed by atoms with E-state index >= 15 is 0 Å². The molecule has 1 fully saturated rings. The van der Waals surface area contributed by atoms with Gasteiger partial charge in [-0.2, -0.15) is 0 Å². The van der Waals surface area contributed by atoms with Crippen LogP contribution < -0.4 is 5.32 Å². The number of fused-ring (bicyclic) bond motifs is 3.